The SMILES string of the molecule is COc1cc(CC(N)C(F)F)cc(C)n1. The fourth-order valence-corrected chi connectivity index (χ4v) is 1.29. The summed E-state index contributed by atoms with van der Waals surface area (Å²) < 4.78 is 29.4. The number of aromatic nitrogens is 1. The molecule has 0 aromatic carbocycles. The predicted molar refractivity (Wildman–Crippen MR) is 53.2 cm³/mol. The molecule has 0 aliphatic carbocycles. The van der Waals surface area contributed by atoms with Gasteiger partial charge in [-0.25, -0.2) is 13.8 Å². The van der Waals surface area contributed by atoms with Crippen LogP contribution in [-0.2, 0) is 6.42 Å². The molecule has 1 rings (SSSR count). The molecular weight excluding hydrogens is 202 g/mol. The van der Waals surface area contributed by atoms with Gasteiger partial charge in [0.15, 0.2) is 0 Å². The first-order valence-electron chi connectivity index (χ1n) is 4.58. The third-order valence-electron chi connectivity index (χ3n) is 1.99. The van der Waals surface area contributed by atoms with Crippen LogP contribution in [0.1, 0.15) is 11.3 Å². The quantitative estimate of drug-likeness (QED) is 0.830. The summed E-state index contributed by atoms with van der Waals surface area (Å²) in [6.07, 6.45) is -2.39. The maximum absolute atomic E-state index is 12.2. The molecule has 2 N–H and O–H groups in total. The summed E-state index contributed by atoms with van der Waals surface area (Å²) >= 11 is 0. The van der Waals surface area contributed by atoms with E-state index in [0.29, 0.717) is 11.4 Å². The van der Waals surface area contributed by atoms with E-state index in [-0.39, 0.29) is 6.42 Å². The van der Waals surface area contributed by atoms with Gasteiger partial charge in [0, 0.05) is 11.8 Å². The number of nitrogens with zero attached hydrogens (tertiary/aromatic N) is 1. The van der Waals surface area contributed by atoms with Crippen LogP contribution in [0, 0.1) is 6.92 Å². The summed E-state index contributed by atoms with van der Waals surface area (Å²) in [7, 11) is 1.48. The summed E-state index contributed by atoms with van der Waals surface area (Å²) in [5.41, 5.74) is 6.72. The smallest absolute Gasteiger partial charge is 0.253 e. The number of ether oxygens (including phenoxy) is 1. The van der Waals surface area contributed by atoms with E-state index in [4.69, 9.17) is 10.5 Å². The number of aryl methyl sites for hydroxylation is 1. The molecule has 84 valence electrons. The van der Waals surface area contributed by atoms with Crippen molar-refractivity contribution in [2.45, 2.75) is 25.8 Å². The van der Waals surface area contributed by atoms with Crippen molar-refractivity contribution in [2.24, 2.45) is 5.73 Å². The molecule has 0 saturated carbocycles. The lowest BCUT2D eigenvalue weighted by Gasteiger charge is -2.11. The van der Waals surface area contributed by atoms with E-state index in [0.717, 1.165) is 5.69 Å². The van der Waals surface area contributed by atoms with Gasteiger partial charge in [0.1, 0.15) is 0 Å². The number of hydrogen-bond donors (Lipinski definition) is 1. The molecule has 0 radical (unpaired) electrons. The van der Waals surface area contributed by atoms with Crippen molar-refractivity contribution >= 4 is 0 Å². The second kappa shape index (κ2) is 5.02. The lowest BCUT2D eigenvalue weighted by molar-refractivity contribution is 0.116. The fourth-order valence-electron chi connectivity index (χ4n) is 1.29. The minimum absolute atomic E-state index is 0.122. The Bertz CT molecular complexity index is 331. The van der Waals surface area contributed by atoms with Crippen molar-refractivity contribution in [3.63, 3.8) is 0 Å². The van der Waals surface area contributed by atoms with Crippen molar-refractivity contribution in [3.05, 3.63) is 23.4 Å². The Morgan fingerprint density at radius 3 is 2.67 bits per heavy atom. The molecule has 0 fully saturated rings. The maximum atomic E-state index is 12.2. The topological polar surface area (TPSA) is 48.1 Å². The van der Waals surface area contributed by atoms with Gasteiger partial charge in [0.05, 0.1) is 13.2 Å². The summed E-state index contributed by atoms with van der Waals surface area (Å²) in [5.74, 6) is 0.423. The fraction of sp³-hybridized carbons (Fsp3) is 0.500. The number of pyridine rings is 1. The van der Waals surface area contributed by atoms with Crippen molar-refractivity contribution < 1.29 is 13.5 Å². The second-order valence-corrected chi connectivity index (χ2v) is 3.36. The van der Waals surface area contributed by atoms with Gasteiger partial charge in [-0.1, -0.05) is 0 Å². The highest BCUT2D eigenvalue weighted by Gasteiger charge is 2.16. The van der Waals surface area contributed by atoms with Crippen LogP contribution in [0.5, 0.6) is 5.88 Å². The lowest BCUT2D eigenvalue weighted by Crippen LogP contribution is -2.30. The zero-order chi connectivity index (χ0) is 11.4. The predicted octanol–water partition coefficient (Wildman–Crippen LogP) is 1.53. The lowest BCUT2D eigenvalue weighted by atomic mass is 10.1. The molecule has 0 bridgehead atoms. The molecule has 1 unspecified atom stereocenters. The normalized spacial score (nSPS) is 12.9. The number of hydrogen-bond acceptors (Lipinski definition) is 3. The minimum atomic E-state index is -2.51. The Morgan fingerprint density at radius 1 is 1.47 bits per heavy atom. The highest BCUT2D eigenvalue weighted by atomic mass is 19.3. The molecule has 5 heteroatoms. The van der Waals surface area contributed by atoms with Gasteiger partial charge in [0.2, 0.25) is 5.88 Å². The molecule has 0 spiro atoms. The molecule has 1 aromatic heterocycles. The van der Waals surface area contributed by atoms with E-state index in [1.54, 1.807) is 19.1 Å². The van der Waals surface area contributed by atoms with E-state index < -0.39 is 12.5 Å². The van der Waals surface area contributed by atoms with Crippen molar-refractivity contribution in [1.82, 2.24) is 4.98 Å². The van der Waals surface area contributed by atoms with Gasteiger partial charge < -0.3 is 10.5 Å². The standard InChI is InChI=1S/C10H14F2N2O/c1-6-3-7(4-8(13)10(11)12)5-9(14-6)15-2/h3,5,8,10H,4,13H2,1-2H3. The zero-order valence-electron chi connectivity index (χ0n) is 8.71. The Labute approximate surface area is 87.3 Å². The summed E-state index contributed by atoms with van der Waals surface area (Å²) in [6, 6.07) is 2.21. The van der Waals surface area contributed by atoms with Gasteiger partial charge >= 0.3 is 0 Å². The molecular formula is C10H14F2N2O. The molecule has 1 aromatic rings. The number of alkyl halides is 2. The van der Waals surface area contributed by atoms with Crippen LogP contribution in [0.25, 0.3) is 0 Å². The van der Waals surface area contributed by atoms with E-state index in [1.165, 1.54) is 7.11 Å². The largest absolute Gasteiger partial charge is 0.481 e. The molecule has 15 heavy (non-hydrogen) atoms. The first-order valence-corrected chi connectivity index (χ1v) is 4.58. The highest BCUT2D eigenvalue weighted by Crippen LogP contribution is 2.14. The van der Waals surface area contributed by atoms with Gasteiger partial charge in [0.25, 0.3) is 6.43 Å². The van der Waals surface area contributed by atoms with E-state index >= 15 is 0 Å². The van der Waals surface area contributed by atoms with Gasteiger partial charge in [-0.15, -0.1) is 0 Å². The minimum Gasteiger partial charge on any atom is -0.481 e. The van der Waals surface area contributed by atoms with E-state index in [1.807, 2.05) is 0 Å². The highest BCUT2D eigenvalue weighted by molar-refractivity contribution is 5.25. The van der Waals surface area contributed by atoms with Crippen LogP contribution in [-0.4, -0.2) is 24.6 Å². The molecule has 0 aliphatic rings. The van der Waals surface area contributed by atoms with Crippen LogP contribution >= 0.6 is 0 Å². The molecule has 1 atom stereocenters. The van der Waals surface area contributed by atoms with Gasteiger partial charge in [-0.3, -0.25) is 0 Å². The van der Waals surface area contributed by atoms with E-state index in [2.05, 4.69) is 4.98 Å². The Hall–Kier alpha value is -1.23. The van der Waals surface area contributed by atoms with Gasteiger partial charge in [-0.2, -0.15) is 0 Å². The molecule has 0 aliphatic heterocycles. The van der Waals surface area contributed by atoms with Crippen molar-refractivity contribution in [1.29, 1.82) is 0 Å². The van der Waals surface area contributed by atoms with Crippen LogP contribution in [0.4, 0.5) is 8.78 Å². The first kappa shape index (κ1) is 11.8. The number of methoxy groups -OCH3 is 1. The Morgan fingerprint density at radius 2 is 2.13 bits per heavy atom. The van der Waals surface area contributed by atoms with Crippen LogP contribution in [0.2, 0.25) is 0 Å². The van der Waals surface area contributed by atoms with Crippen LogP contribution in [0.3, 0.4) is 0 Å². The van der Waals surface area contributed by atoms with Gasteiger partial charge in [-0.05, 0) is 25.0 Å². The van der Waals surface area contributed by atoms with Crippen molar-refractivity contribution in [3.8, 4) is 5.88 Å². The van der Waals surface area contributed by atoms with Crippen molar-refractivity contribution in [2.75, 3.05) is 7.11 Å². The zero-order valence-corrected chi connectivity index (χ0v) is 8.71. The van der Waals surface area contributed by atoms with E-state index in [9.17, 15) is 8.78 Å². The Kier molecular flexibility index (Phi) is 3.96. The molecule has 0 saturated heterocycles. The summed E-state index contributed by atoms with van der Waals surface area (Å²) in [6.45, 7) is 1.78. The maximum Gasteiger partial charge on any atom is 0.253 e. The third kappa shape index (κ3) is 3.43. The average molecular weight is 216 g/mol. The summed E-state index contributed by atoms with van der Waals surface area (Å²) in [5, 5.41) is 0. The molecule has 0 amide bonds. The average Bonchev–Trinajstić information content (AvgIpc) is 2.16. The number of halogens is 2. The van der Waals surface area contributed by atoms with Crippen LogP contribution in [0.15, 0.2) is 12.1 Å². The first-order chi connectivity index (χ1) is 7.02. The summed E-state index contributed by atoms with van der Waals surface area (Å²) in [4.78, 5) is 4.05. The third-order valence-corrected chi connectivity index (χ3v) is 1.99. The number of rotatable bonds is 4. The monoisotopic (exact) mass is 216 g/mol. The number of nitrogens with two attached hydrogens (primary N) is 1. The molecule has 3 nitrogen and oxygen atoms in total. The second-order valence-electron chi connectivity index (χ2n) is 3.36. The molecule has 1 heterocycles. The van der Waals surface area contributed by atoms with Crippen LogP contribution < -0.4 is 10.5 Å². The Balaban J connectivity index is 2.80.